The van der Waals surface area contributed by atoms with Crippen LogP contribution in [0.15, 0.2) is 17.6 Å². The molecule has 1 fully saturated rings. The molecule has 0 unspecified atom stereocenters. The predicted octanol–water partition coefficient (Wildman–Crippen LogP) is 2.13. The summed E-state index contributed by atoms with van der Waals surface area (Å²) in [4.78, 5) is 17.2. The van der Waals surface area contributed by atoms with Gasteiger partial charge in [-0.05, 0) is 25.0 Å². The molecule has 0 aliphatic carbocycles. The summed E-state index contributed by atoms with van der Waals surface area (Å²) < 4.78 is 0.844. The molecule has 0 amide bonds. The molecule has 0 radical (unpaired) electrons. The van der Waals surface area contributed by atoms with Crippen LogP contribution in [0.25, 0.3) is 10.2 Å². The second-order valence-corrected chi connectivity index (χ2v) is 5.62. The minimum Gasteiger partial charge on any atom is -0.364 e. The number of anilines is 1. The minimum atomic E-state index is -0.336. The number of fused-ring (bicyclic) bond motifs is 1. The van der Waals surface area contributed by atoms with Gasteiger partial charge in [0, 0.05) is 19.1 Å². The van der Waals surface area contributed by atoms with E-state index < -0.39 is 0 Å². The summed E-state index contributed by atoms with van der Waals surface area (Å²) in [5.41, 5.74) is 8.82. The van der Waals surface area contributed by atoms with Crippen LogP contribution in [0.1, 0.15) is 12.8 Å². The predicted molar refractivity (Wildman–Crippen MR) is 75.7 cm³/mol. The van der Waals surface area contributed by atoms with Gasteiger partial charge in [-0.15, -0.1) is 11.3 Å². The lowest BCUT2D eigenvalue weighted by molar-refractivity contribution is -0.382. The van der Waals surface area contributed by atoms with Gasteiger partial charge < -0.3 is 10.6 Å². The number of rotatable bonds is 2. The van der Waals surface area contributed by atoms with E-state index in [1.165, 1.54) is 11.3 Å². The SMILES string of the molecule is N[C@@H]1CCCN(c2ccc3scnc3c2[N+](=O)[O-])C1. The highest BCUT2D eigenvalue weighted by molar-refractivity contribution is 7.16. The number of nitrogens with zero attached hydrogens (tertiary/aromatic N) is 3. The van der Waals surface area contributed by atoms with Crippen LogP contribution in [0, 0.1) is 10.1 Å². The highest BCUT2D eigenvalue weighted by Crippen LogP contribution is 2.37. The number of aromatic nitrogens is 1. The molecule has 7 heteroatoms. The summed E-state index contributed by atoms with van der Waals surface area (Å²) in [6.45, 7) is 1.47. The summed E-state index contributed by atoms with van der Waals surface area (Å²) >= 11 is 1.42. The van der Waals surface area contributed by atoms with Gasteiger partial charge in [-0.3, -0.25) is 10.1 Å². The fourth-order valence-corrected chi connectivity index (χ4v) is 3.25. The average Bonchev–Trinajstić information content (AvgIpc) is 2.85. The molecule has 3 rings (SSSR count). The van der Waals surface area contributed by atoms with Crippen LogP contribution >= 0.6 is 11.3 Å². The molecule has 2 heterocycles. The molecule has 1 aromatic carbocycles. The zero-order valence-corrected chi connectivity index (χ0v) is 11.1. The van der Waals surface area contributed by atoms with Crippen molar-refractivity contribution in [1.29, 1.82) is 0 Å². The van der Waals surface area contributed by atoms with Crippen LogP contribution in [0.3, 0.4) is 0 Å². The van der Waals surface area contributed by atoms with E-state index in [4.69, 9.17) is 5.73 Å². The lowest BCUT2D eigenvalue weighted by atomic mass is 10.1. The van der Waals surface area contributed by atoms with E-state index in [2.05, 4.69) is 4.98 Å². The van der Waals surface area contributed by atoms with Crippen LogP contribution in [0.4, 0.5) is 11.4 Å². The van der Waals surface area contributed by atoms with Crippen molar-refractivity contribution < 1.29 is 4.92 Å². The van der Waals surface area contributed by atoms with Crippen molar-refractivity contribution in [2.45, 2.75) is 18.9 Å². The number of hydrogen-bond donors (Lipinski definition) is 1. The summed E-state index contributed by atoms with van der Waals surface area (Å²) in [6, 6.07) is 3.80. The first-order valence-corrected chi connectivity index (χ1v) is 7.06. The Hall–Kier alpha value is -1.73. The normalized spacial score (nSPS) is 19.8. The van der Waals surface area contributed by atoms with E-state index in [1.54, 1.807) is 5.51 Å². The lowest BCUT2D eigenvalue weighted by Gasteiger charge is -2.32. The van der Waals surface area contributed by atoms with E-state index in [9.17, 15) is 10.1 Å². The first kappa shape index (κ1) is 12.3. The van der Waals surface area contributed by atoms with E-state index in [1.807, 2.05) is 17.0 Å². The second-order valence-electron chi connectivity index (χ2n) is 4.74. The summed E-state index contributed by atoms with van der Waals surface area (Å²) in [5, 5.41) is 11.4. The quantitative estimate of drug-likeness (QED) is 0.672. The Morgan fingerprint density at radius 3 is 3.11 bits per heavy atom. The van der Waals surface area contributed by atoms with Crippen LogP contribution in [-0.4, -0.2) is 29.0 Å². The Morgan fingerprint density at radius 2 is 2.37 bits per heavy atom. The Labute approximate surface area is 114 Å². The third-order valence-corrected chi connectivity index (χ3v) is 4.23. The highest BCUT2D eigenvalue weighted by atomic mass is 32.1. The lowest BCUT2D eigenvalue weighted by Crippen LogP contribution is -2.43. The third kappa shape index (κ3) is 2.15. The third-order valence-electron chi connectivity index (χ3n) is 3.44. The molecule has 19 heavy (non-hydrogen) atoms. The zero-order valence-electron chi connectivity index (χ0n) is 10.3. The molecule has 1 aliphatic heterocycles. The Morgan fingerprint density at radius 1 is 1.53 bits per heavy atom. The molecule has 1 saturated heterocycles. The van der Waals surface area contributed by atoms with Gasteiger partial charge in [-0.25, -0.2) is 4.98 Å². The van der Waals surface area contributed by atoms with E-state index in [-0.39, 0.29) is 16.7 Å². The van der Waals surface area contributed by atoms with Crippen molar-refractivity contribution in [3.63, 3.8) is 0 Å². The average molecular weight is 278 g/mol. The monoisotopic (exact) mass is 278 g/mol. The fraction of sp³-hybridized carbons (Fsp3) is 0.417. The topological polar surface area (TPSA) is 85.3 Å². The van der Waals surface area contributed by atoms with Crippen molar-refractivity contribution in [3.05, 3.63) is 27.8 Å². The molecule has 0 spiro atoms. The first-order valence-electron chi connectivity index (χ1n) is 6.18. The number of nitro benzene ring substituents is 1. The Bertz CT molecular complexity index is 627. The largest absolute Gasteiger partial charge is 0.364 e. The molecule has 1 aromatic heterocycles. The molecule has 0 saturated carbocycles. The number of benzene rings is 1. The van der Waals surface area contributed by atoms with E-state index >= 15 is 0 Å². The second kappa shape index (κ2) is 4.75. The molecule has 2 aromatic rings. The summed E-state index contributed by atoms with van der Waals surface area (Å²) in [5.74, 6) is 0. The fourth-order valence-electron chi connectivity index (χ4n) is 2.57. The first-order chi connectivity index (χ1) is 9.16. The van der Waals surface area contributed by atoms with Gasteiger partial charge in [0.1, 0.15) is 5.69 Å². The van der Waals surface area contributed by atoms with Crippen molar-refractivity contribution >= 4 is 32.9 Å². The van der Waals surface area contributed by atoms with Crippen LogP contribution in [-0.2, 0) is 0 Å². The Kier molecular flexibility index (Phi) is 3.08. The van der Waals surface area contributed by atoms with Crippen LogP contribution in [0.2, 0.25) is 0 Å². The standard InChI is InChI=1S/C12H14N4O2S/c13-8-2-1-5-15(6-8)9-3-4-10-11(14-7-19-10)12(9)16(17)18/h3-4,7-8H,1-2,5-6,13H2/t8-/m1/s1. The number of hydrogen-bond acceptors (Lipinski definition) is 6. The minimum absolute atomic E-state index is 0.0829. The summed E-state index contributed by atoms with van der Waals surface area (Å²) in [6.07, 6.45) is 1.94. The van der Waals surface area contributed by atoms with E-state index in [0.717, 1.165) is 24.1 Å². The number of thiazole rings is 1. The maximum Gasteiger partial charge on any atom is 0.319 e. The van der Waals surface area contributed by atoms with E-state index in [0.29, 0.717) is 17.7 Å². The van der Waals surface area contributed by atoms with Crippen LogP contribution in [0.5, 0.6) is 0 Å². The van der Waals surface area contributed by atoms with Crippen molar-refractivity contribution in [2.24, 2.45) is 5.73 Å². The molecular formula is C12H14N4O2S. The van der Waals surface area contributed by atoms with Crippen molar-refractivity contribution in [2.75, 3.05) is 18.0 Å². The molecule has 6 nitrogen and oxygen atoms in total. The Balaban J connectivity index is 2.11. The van der Waals surface area contributed by atoms with Gasteiger partial charge in [0.2, 0.25) is 0 Å². The van der Waals surface area contributed by atoms with Gasteiger partial charge in [0.25, 0.3) is 0 Å². The molecule has 100 valence electrons. The highest BCUT2D eigenvalue weighted by Gasteiger charge is 2.27. The molecule has 2 N–H and O–H groups in total. The van der Waals surface area contributed by atoms with Gasteiger partial charge >= 0.3 is 5.69 Å². The van der Waals surface area contributed by atoms with Gasteiger partial charge in [0.15, 0.2) is 5.52 Å². The smallest absolute Gasteiger partial charge is 0.319 e. The maximum absolute atomic E-state index is 11.4. The number of nitro groups is 1. The van der Waals surface area contributed by atoms with Crippen molar-refractivity contribution in [1.82, 2.24) is 4.98 Å². The molecule has 0 bridgehead atoms. The van der Waals surface area contributed by atoms with Gasteiger partial charge in [-0.1, -0.05) is 0 Å². The van der Waals surface area contributed by atoms with Gasteiger partial charge in [0.05, 0.1) is 15.1 Å². The van der Waals surface area contributed by atoms with Gasteiger partial charge in [-0.2, -0.15) is 0 Å². The summed E-state index contributed by atoms with van der Waals surface area (Å²) in [7, 11) is 0. The van der Waals surface area contributed by atoms with Crippen LogP contribution < -0.4 is 10.6 Å². The number of nitrogens with two attached hydrogens (primary N) is 1. The maximum atomic E-state index is 11.4. The molecule has 1 aliphatic rings. The van der Waals surface area contributed by atoms with Crippen molar-refractivity contribution in [3.8, 4) is 0 Å². The zero-order chi connectivity index (χ0) is 13.4. The molecule has 1 atom stereocenters. The number of piperidine rings is 1. The molecular weight excluding hydrogens is 264 g/mol.